The molecule has 1 saturated heterocycles. The highest BCUT2D eigenvalue weighted by Gasteiger charge is 2.20. The van der Waals surface area contributed by atoms with E-state index in [4.69, 9.17) is 4.74 Å². The summed E-state index contributed by atoms with van der Waals surface area (Å²) >= 11 is 0. The summed E-state index contributed by atoms with van der Waals surface area (Å²) in [7, 11) is 0. The van der Waals surface area contributed by atoms with Crippen molar-refractivity contribution in [3.05, 3.63) is 48.7 Å². The third-order valence-corrected chi connectivity index (χ3v) is 3.67. The third kappa shape index (κ3) is 4.94. The van der Waals surface area contributed by atoms with Gasteiger partial charge in [-0.05, 0) is 44.1 Å². The zero-order chi connectivity index (χ0) is 15.2. The lowest BCUT2D eigenvalue weighted by molar-refractivity contribution is -0.120. The maximum absolute atomic E-state index is 12.2. The molecule has 2 N–H and O–H groups in total. The molecule has 1 aliphatic rings. The number of hydrogen-bond donors (Lipinski definition) is 2. The summed E-state index contributed by atoms with van der Waals surface area (Å²) in [6.45, 7) is 1.81. The van der Waals surface area contributed by atoms with Crippen molar-refractivity contribution in [2.45, 2.75) is 12.8 Å². The fraction of sp³-hybridized carbons (Fsp3) is 0.294. The largest absolute Gasteiger partial charge is 0.439 e. The summed E-state index contributed by atoms with van der Waals surface area (Å²) in [6, 6.07) is 12.9. The summed E-state index contributed by atoms with van der Waals surface area (Å²) in [6.07, 6.45) is 3.45. The SMILES string of the molecule is Cl.O=C(Nc1cccc(Oc2ccccn2)c1)C1CCNCC1. The second kappa shape index (κ2) is 8.50. The Morgan fingerprint density at radius 3 is 2.74 bits per heavy atom. The van der Waals surface area contributed by atoms with Crippen LogP contribution in [0, 0.1) is 5.92 Å². The van der Waals surface area contributed by atoms with Gasteiger partial charge < -0.3 is 15.4 Å². The van der Waals surface area contributed by atoms with Crippen molar-refractivity contribution in [1.29, 1.82) is 0 Å². The van der Waals surface area contributed by atoms with Gasteiger partial charge in [-0.2, -0.15) is 0 Å². The molecule has 1 aliphatic heterocycles. The number of amides is 1. The van der Waals surface area contributed by atoms with Crippen molar-refractivity contribution in [2.75, 3.05) is 18.4 Å². The molecule has 1 aromatic heterocycles. The molecule has 6 heteroatoms. The Bertz CT molecular complexity index is 631. The predicted molar refractivity (Wildman–Crippen MR) is 92.2 cm³/mol. The smallest absolute Gasteiger partial charge is 0.227 e. The first kappa shape index (κ1) is 17.2. The zero-order valence-corrected chi connectivity index (χ0v) is 13.5. The van der Waals surface area contributed by atoms with E-state index in [-0.39, 0.29) is 24.2 Å². The van der Waals surface area contributed by atoms with Gasteiger partial charge in [0, 0.05) is 29.9 Å². The van der Waals surface area contributed by atoms with E-state index >= 15 is 0 Å². The van der Waals surface area contributed by atoms with E-state index in [0.29, 0.717) is 11.6 Å². The molecule has 3 rings (SSSR count). The average Bonchev–Trinajstić information content (AvgIpc) is 2.57. The summed E-state index contributed by atoms with van der Waals surface area (Å²) in [5.41, 5.74) is 0.747. The summed E-state index contributed by atoms with van der Waals surface area (Å²) in [5.74, 6) is 1.35. The number of rotatable bonds is 4. The topological polar surface area (TPSA) is 63.2 Å². The van der Waals surface area contributed by atoms with Gasteiger partial charge in [0.1, 0.15) is 5.75 Å². The standard InChI is InChI=1S/C17H19N3O2.ClH/c21-17(13-7-10-18-11-8-13)20-14-4-3-5-15(12-14)22-16-6-1-2-9-19-16;/h1-6,9,12-13,18H,7-8,10-11H2,(H,20,21);1H. The van der Waals surface area contributed by atoms with Crippen LogP contribution in [-0.2, 0) is 4.79 Å². The third-order valence-electron chi connectivity index (χ3n) is 3.67. The average molecular weight is 334 g/mol. The number of carbonyl (C=O) groups excluding carboxylic acids is 1. The van der Waals surface area contributed by atoms with E-state index < -0.39 is 0 Å². The van der Waals surface area contributed by atoms with Gasteiger partial charge in [0.25, 0.3) is 0 Å². The van der Waals surface area contributed by atoms with Crippen LogP contribution in [0.1, 0.15) is 12.8 Å². The molecule has 0 bridgehead atoms. The lowest BCUT2D eigenvalue weighted by atomic mass is 9.97. The second-order valence-corrected chi connectivity index (χ2v) is 5.31. The molecule has 2 heterocycles. The molecule has 0 aliphatic carbocycles. The van der Waals surface area contributed by atoms with Gasteiger partial charge in [0.05, 0.1) is 0 Å². The number of nitrogens with one attached hydrogen (secondary N) is 2. The number of nitrogens with zero attached hydrogens (tertiary/aromatic N) is 1. The Hall–Kier alpha value is -2.11. The molecule has 1 amide bonds. The normalized spacial score (nSPS) is 14.6. The molecule has 5 nitrogen and oxygen atoms in total. The van der Waals surface area contributed by atoms with Crippen LogP contribution in [0.3, 0.4) is 0 Å². The Morgan fingerprint density at radius 1 is 1.17 bits per heavy atom. The van der Waals surface area contributed by atoms with Crippen molar-refractivity contribution in [1.82, 2.24) is 10.3 Å². The summed E-state index contributed by atoms with van der Waals surface area (Å²) < 4.78 is 5.67. The fourth-order valence-corrected chi connectivity index (χ4v) is 2.49. The van der Waals surface area contributed by atoms with Crippen LogP contribution in [0.2, 0.25) is 0 Å². The zero-order valence-electron chi connectivity index (χ0n) is 12.7. The van der Waals surface area contributed by atoms with E-state index in [1.807, 2.05) is 36.4 Å². The molecule has 0 atom stereocenters. The van der Waals surface area contributed by atoms with Crippen LogP contribution in [0.15, 0.2) is 48.7 Å². The number of halogens is 1. The maximum Gasteiger partial charge on any atom is 0.227 e. The Labute approximate surface area is 141 Å². The second-order valence-electron chi connectivity index (χ2n) is 5.31. The summed E-state index contributed by atoms with van der Waals surface area (Å²) in [4.78, 5) is 16.4. The number of benzene rings is 1. The van der Waals surface area contributed by atoms with Crippen molar-refractivity contribution in [2.24, 2.45) is 5.92 Å². The van der Waals surface area contributed by atoms with Gasteiger partial charge in [-0.1, -0.05) is 12.1 Å². The quantitative estimate of drug-likeness (QED) is 0.901. The van der Waals surface area contributed by atoms with E-state index in [9.17, 15) is 4.79 Å². The van der Waals surface area contributed by atoms with E-state index in [0.717, 1.165) is 31.6 Å². The number of pyridine rings is 1. The number of ether oxygens (including phenoxy) is 1. The van der Waals surface area contributed by atoms with Crippen molar-refractivity contribution < 1.29 is 9.53 Å². The fourth-order valence-electron chi connectivity index (χ4n) is 2.49. The first-order valence-corrected chi connectivity index (χ1v) is 7.52. The van der Waals surface area contributed by atoms with E-state index in [2.05, 4.69) is 15.6 Å². The number of hydrogen-bond acceptors (Lipinski definition) is 4. The molecule has 1 aromatic carbocycles. The van der Waals surface area contributed by atoms with Crippen molar-refractivity contribution in [3.63, 3.8) is 0 Å². The first-order chi connectivity index (χ1) is 10.8. The summed E-state index contributed by atoms with van der Waals surface area (Å²) in [5, 5.41) is 6.23. The van der Waals surface area contributed by atoms with E-state index in [1.165, 1.54) is 0 Å². The molecule has 1 fully saturated rings. The van der Waals surface area contributed by atoms with Crippen LogP contribution in [0.5, 0.6) is 11.6 Å². The number of piperidine rings is 1. The Balaban J connectivity index is 0.00000192. The Morgan fingerprint density at radius 2 is 2.00 bits per heavy atom. The molecule has 0 spiro atoms. The molecular weight excluding hydrogens is 314 g/mol. The first-order valence-electron chi connectivity index (χ1n) is 7.52. The minimum absolute atomic E-state index is 0. The highest BCUT2D eigenvalue weighted by atomic mass is 35.5. The predicted octanol–water partition coefficient (Wildman–Crippen LogP) is 3.23. The number of carbonyl (C=O) groups is 1. The van der Waals surface area contributed by atoms with Gasteiger partial charge in [-0.25, -0.2) is 4.98 Å². The molecule has 2 aromatic rings. The molecule has 0 saturated carbocycles. The molecule has 0 radical (unpaired) electrons. The molecule has 122 valence electrons. The lowest BCUT2D eigenvalue weighted by Gasteiger charge is -2.21. The van der Waals surface area contributed by atoms with Crippen LogP contribution in [-0.4, -0.2) is 24.0 Å². The number of aromatic nitrogens is 1. The van der Waals surface area contributed by atoms with Crippen molar-refractivity contribution in [3.8, 4) is 11.6 Å². The van der Waals surface area contributed by atoms with Crippen LogP contribution < -0.4 is 15.4 Å². The minimum Gasteiger partial charge on any atom is -0.439 e. The minimum atomic E-state index is 0. The van der Waals surface area contributed by atoms with Gasteiger partial charge in [0.15, 0.2) is 0 Å². The molecule has 23 heavy (non-hydrogen) atoms. The molecule has 0 unspecified atom stereocenters. The highest BCUT2D eigenvalue weighted by Crippen LogP contribution is 2.23. The van der Waals surface area contributed by atoms with Gasteiger partial charge in [-0.3, -0.25) is 4.79 Å². The van der Waals surface area contributed by atoms with Gasteiger partial charge >= 0.3 is 0 Å². The highest BCUT2D eigenvalue weighted by molar-refractivity contribution is 5.92. The van der Waals surface area contributed by atoms with E-state index in [1.54, 1.807) is 12.3 Å². The van der Waals surface area contributed by atoms with Crippen molar-refractivity contribution >= 4 is 24.0 Å². The number of anilines is 1. The monoisotopic (exact) mass is 333 g/mol. The maximum atomic E-state index is 12.2. The van der Waals surface area contributed by atoms with Gasteiger partial charge in [0.2, 0.25) is 11.8 Å². The van der Waals surface area contributed by atoms with Gasteiger partial charge in [-0.15, -0.1) is 12.4 Å². The lowest BCUT2D eigenvalue weighted by Crippen LogP contribution is -2.34. The molecular formula is C17H20ClN3O2. The van der Waals surface area contributed by atoms with Crippen LogP contribution in [0.4, 0.5) is 5.69 Å². The van der Waals surface area contributed by atoms with Crippen LogP contribution >= 0.6 is 12.4 Å². The Kier molecular flexibility index (Phi) is 6.38. The van der Waals surface area contributed by atoms with Crippen LogP contribution in [0.25, 0.3) is 0 Å².